The minimum absolute atomic E-state index is 0.0823. The molecule has 0 saturated carbocycles. The first kappa shape index (κ1) is 19.1. The quantitative estimate of drug-likeness (QED) is 0.744. The van der Waals surface area contributed by atoms with E-state index in [1.807, 2.05) is 0 Å². The fraction of sp³-hybridized carbons (Fsp3) is 0.533. The van der Waals surface area contributed by atoms with Crippen LogP contribution in [0.5, 0.6) is 5.75 Å². The summed E-state index contributed by atoms with van der Waals surface area (Å²) < 4.78 is 47.8. The molecule has 1 aromatic rings. The second-order valence-electron chi connectivity index (χ2n) is 4.87. The topological polar surface area (TPSA) is 50.8 Å². The van der Waals surface area contributed by atoms with E-state index in [0.717, 1.165) is 18.6 Å². The van der Waals surface area contributed by atoms with Gasteiger partial charge in [0.25, 0.3) is 0 Å². The van der Waals surface area contributed by atoms with E-state index >= 15 is 0 Å². The van der Waals surface area contributed by atoms with Crippen molar-refractivity contribution in [2.75, 3.05) is 40.5 Å². The molecule has 0 radical (unpaired) electrons. The third kappa shape index (κ3) is 7.23. The molecular weight excluding hydrogens is 313 g/mol. The maximum absolute atomic E-state index is 12.6. The number of benzene rings is 1. The molecule has 0 aliphatic rings. The third-order valence-corrected chi connectivity index (χ3v) is 3.00. The molecule has 0 spiro atoms. The SMILES string of the molecule is COCCCN(C)C(=O)NCCOc1cccc(C(F)(F)F)c1. The number of rotatable bonds is 8. The molecule has 0 atom stereocenters. The molecule has 130 valence electrons. The van der Waals surface area contributed by atoms with Crippen molar-refractivity contribution in [2.45, 2.75) is 12.6 Å². The van der Waals surface area contributed by atoms with Crippen molar-refractivity contribution in [3.05, 3.63) is 29.8 Å². The fourth-order valence-corrected chi connectivity index (χ4v) is 1.77. The van der Waals surface area contributed by atoms with Gasteiger partial charge in [-0.3, -0.25) is 0 Å². The van der Waals surface area contributed by atoms with Gasteiger partial charge in [-0.25, -0.2) is 4.79 Å². The molecule has 0 heterocycles. The lowest BCUT2D eigenvalue weighted by molar-refractivity contribution is -0.137. The molecule has 2 amide bonds. The van der Waals surface area contributed by atoms with E-state index in [1.54, 1.807) is 14.2 Å². The molecule has 1 rings (SSSR count). The van der Waals surface area contributed by atoms with Crippen molar-refractivity contribution < 1.29 is 27.4 Å². The Hall–Kier alpha value is -1.96. The Bertz CT molecular complexity index is 495. The van der Waals surface area contributed by atoms with Gasteiger partial charge in [-0.15, -0.1) is 0 Å². The zero-order chi connectivity index (χ0) is 17.3. The van der Waals surface area contributed by atoms with E-state index in [1.165, 1.54) is 17.0 Å². The summed E-state index contributed by atoms with van der Waals surface area (Å²) in [4.78, 5) is 13.2. The largest absolute Gasteiger partial charge is 0.492 e. The first-order valence-corrected chi connectivity index (χ1v) is 7.12. The number of ether oxygens (including phenoxy) is 2. The van der Waals surface area contributed by atoms with Gasteiger partial charge < -0.3 is 19.7 Å². The number of urea groups is 1. The first-order valence-electron chi connectivity index (χ1n) is 7.12. The number of methoxy groups -OCH3 is 1. The number of hydrogen-bond acceptors (Lipinski definition) is 3. The average molecular weight is 334 g/mol. The molecular formula is C15H21F3N2O3. The van der Waals surface area contributed by atoms with Gasteiger partial charge in [-0.1, -0.05) is 6.07 Å². The lowest BCUT2D eigenvalue weighted by Crippen LogP contribution is -2.39. The van der Waals surface area contributed by atoms with E-state index < -0.39 is 11.7 Å². The normalized spacial score (nSPS) is 11.2. The molecule has 0 fully saturated rings. The molecule has 0 aromatic heterocycles. The monoisotopic (exact) mass is 334 g/mol. The Kier molecular flexibility index (Phi) is 7.67. The molecule has 0 aliphatic heterocycles. The summed E-state index contributed by atoms with van der Waals surface area (Å²) in [5.41, 5.74) is -0.767. The van der Waals surface area contributed by atoms with Gasteiger partial charge in [0.2, 0.25) is 0 Å². The van der Waals surface area contributed by atoms with E-state index in [2.05, 4.69) is 5.32 Å². The number of amides is 2. The highest BCUT2D eigenvalue weighted by Crippen LogP contribution is 2.31. The van der Waals surface area contributed by atoms with E-state index in [0.29, 0.717) is 13.2 Å². The maximum atomic E-state index is 12.6. The predicted octanol–water partition coefficient (Wildman–Crippen LogP) is 2.76. The van der Waals surface area contributed by atoms with Crippen LogP contribution in [0.25, 0.3) is 0 Å². The van der Waals surface area contributed by atoms with Crippen LogP contribution >= 0.6 is 0 Å². The Balaban J connectivity index is 2.31. The maximum Gasteiger partial charge on any atom is 0.416 e. The summed E-state index contributed by atoms with van der Waals surface area (Å²) in [6, 6.07) is 4.35. The minimum Gasteiger partial charge on any atom is -0.492 e. The van der Waals surface area contributed by atoms with Crippen molar-refractivity contribution in [1.29, 1.82) is 0 Å². The molecule has 0 aliphatic carbocycles. The molecule has 1 N–H and O–H groups in total. The number of carbonyl (C=O) groups excluding carboxylic acids is 1. The molecule has 0 unspecified atom stereocenters. The van der Waals surface area contributed by atoms with Crippen molar-refractivity contribution in [3.63, 3.8) is 0 Å². The number of halogens is 3. The van der Waals surface area contributed by atoms with Crippen LogP contribution < -0.4 is 10.1 Å². The Morgan fingerprint density at radius 3 is 2.70 bits per heavy atom. The predicted molar refractivity (Wildman–Crippen MR) is 79.5 cm³/mol. The van der Waals surface area contributed by atoms with E-state index in [-0.39, 0.29) is 24.9 Å². The summed E-state index contributed by atoms with van der Waals surface area (Å²) in [5.74, 6) is 0.113. The minimum atomic E-state index is -4.40. The van der Waals surface area contributed by atoms with Gasteiger partial charge >= 0.3 is 12.2 Å². The fourth-order valence-electron chi connectivity index (χ4n) is 1.77. The summed E-state index contributed by atoms with van der Waals surface area (Å²) >= 11 is 0. The Labute approximate surface area is 133 Å². The van der Waals surface area contributed by atoms with Crippen LogP contribution in [0.3, 0.4) is 0 Å². The molecule has 8 heteroatoms. The molecule has 1 aromatic carbocycles. The second kappa shape index (κ2) is 9.24. The van der Waals surface area contributed by atoms with Crippen molar-refractivity contribution >= 4 is 6.03 Å². The number of nitrogens with zero attached hydrogens (tertiary/aromatic N) is 1. The number of nitrogens with one attached hydrogen (secondary N) is 1. The number of alkyl halides is 3. The van der Waals surface area contributed by atoms with Gasteiger partial charge in [0, 0.05) is 27.3 Å². The van der Waals surface area contributed by atoms with Crippen LogP contribution in [-0.2, 0) is 10.9 Å². The summed E-state index contributed by atoms with van der Waals surface area (Å²) in [5, 5.41) is 2.62. The van der Waals surface area contributed by atoms with E-state index in [4.69, 9.17) is 9.47 Å². The highest BCUT2D eigenvalue weighted by molar-refractivity contribution is 5.73. The van der Waals surface area contributed by atoms with Gasteiger partial charge in [0.05, 0.1) is 12.1 Å². The standard InChI is InChI=1S/C15H21F3N2O3/c1-20(8-4-9-22-2)14(21)19-7-10-23-13-6-3-5-12(11-13)15(16,17)18/h3,5-6,11H,4,7-10H2,1-2H3,(H,19,21). The van der Waals surface area contributed by atoms with Gasteiger partial charge in [-0.2, -0.15) is 13.2 Å². The number of carbonyl (C=O) groups is 1. The first-order chi connectivity index (χ1) is 10.8. The lowest BCUT2D eigenvalue weighted by Gasteiger charge is -2.17. The zero-order valence-electron chi connectivity index (χ0n) is 13.2. The highest BCUT2D eigenvalue weighted by atomic mass is 19.4. The van der Waals surface area contributed by atoms with Crippen LogP contribution in [0.15, 0.2) is 24.3 Å². The van der Waals surface area contributed by atoms with Crippen molar-refractivity contribution in [3.8, 4) is 5.75 Å². The smallest absolute Gasteiger partial charge is 0.416 e. The average Bonchev–Trinajstić information content (AvgIpc) is 2.51. The third-order valence-electron chi connectivity index (χ3n) is 3.00. The van der Waals surface area contributed by atoms with Crippen LogP contribution in [0.1, 0.15) is 12.0 Å². The van der Waals surface area contributed by atoms with Crippen LogP contribution in [-0.4, -0.2) is 51.4 Å². The lowest BCUT2D eigenvalue weighted by atomic mass is 10.2. The van der Waals surface area contributed by atoms with Gasteiger partial charge in [-0.05, 0) is 24.6 Å². The zero-order valence-corrected chi connectivity index (χ0v) is 13.2. The molecule has 0 saturated heterocycles. The van der Waals surface area contributed by atoms with Crippen LogP contribution in [0.2, 0.25) is 0 Å². The number of hydrogen-bond donors (Lipinski definition) is 1. The molecule has 5 nitrogen and oxygen atoms in total. The highest BCUT2D eigenvalue weighted by Gasteiger charge is 2.30. The van der Waals surface area contributed by atoms with Gasteiger partial charge in [0.1, 0.15) is 12.4 Å². The van der Waals surface area contributed by atoms with E-state index in [9.17, 15) is 18.0 Å². The molecule has 23 heavy (non-hydrogen) atoms. The summed E-state index contributed by atoms with van der Waals surface area (Å²) in [6.07, 6.45) is -3.68. The Morgan fingerprint density at radius 1 is 1.30 bits per heavy atom. The second-order valence-corrected chi connectivity index (χ2v) is 4.87. The van der Waals surface area contributed by atoms with Crippen molar-refractivity contribution in [2.24, 2.45) is 0 Å². The van der Waals surface area contributed by atoms with Crippen LogP contribution in [0, 0.1) is 0 Å². The summed E-state index contributed by atoms with van der Waals surface area (Å²) in [6.45, 7) is 1.40. The molecule has 0 bridgehead atoms. The summed E-state index contributed by atoms with van der Waals surface area (Å²) in [7, 11) is 3.24. The van der Waals surface area contributed by atoms with Crippen molar-refractivity contribution in [1.82, 2.24) is 10.2 Å². The van der Waals surface area contributed by atoms with Gasteiger partial charge in [0.15, 0.2) is 0 Å². The Morgan fingerprint density at radius 2 is 2.04 bits per heavy atom. The van der Waals surface area contributed by atoms with Crippen LogP contribution in [0.4, 0.5) is 18.0 Å².